The van der Waals surface area contributed by atoms with Gasteiger partial charge >= 0.3 is 0 Å². The molecule has 0 bridgehead atoms. The summed E-state index contributed by atoms with van der Waals surface area (Å²) >= 11 is 0. The lowest BCUT2D eigenvalue weighted by Gasteiger charge is -2.32. The van der Waals surface area contributed by atoms with E-state index >= 15 is 0 Å². The highest BCUT2D eigenvalue weighted by Crippen LogP contribution is 2.23. The van der Waals surface area contributed by atoms with Gasteiger partial charge in [0.15, 0.2) is 6.29 Å². The van der Waals surface area contributed by atoms with E-state index in [9.17, 15) is 5.11 Å². The average Bonchev–Trinajstić information content (AvgIpc) is 2.34. The predicted molar refractivity (Wildman–Crippen MR) is 62.8 cm³/mol. The molecular formula is C13H18O4. The zero-order valence-electron chi connectivity index (χ0n) is 9.87. The molecule has 1 fully saturated rings. The van der Waals surface area contributed by atoms with E-state index in [-0.39, 0.29) is 6.61 Å². The van der Waals surface area contributed by atoms with Gasteiger partial charge < -0.3 is 19.7 Å². The lowest BCUT2D eigenvalue weighted by Crippen LogP contribution is -2.43. The number of rotatable bonds is 3. The Morgan fingerprint density at radius 1 is 1.29 bits per heavy atom. The van der Waals surface area contributed by atoms with Gasteiger partial charge in [-0.1, -0.05) is 17.7 Å². The van der Waals surface area contributed by atoms with E-state index in [4.69, 9.17) is 14.6 Å². The maximum absolute atomic E-state index is 9.55. The van der Waals surface area contributed by atoms with E-state index in [2.05, 4.69) is 0 Å². The van der Waals surface area contributed by atoms with Gasteiger partial charge in [0.05, 0.1) is 12.7 Å². The first kappa shape index (κ1) is 12.4. The summed E-state index contributed by atoms with van der Waals surface area (Å²) in [5.41, 5.74) is 1.17. The van der Waals surface area contributed by atoms with E-state index in [1.165, 1.54) is 5.56 Å². The maximum Gasteiger partial charge on any atom is 0.200 e. The van der Waals surface area contributed by atoms with Crippen molar-refractivity contribution in [2.24, 2.45) is 0 Å². The first-order valence-electron chi connectivity index (χ1n) is 5.87. The average molecular weight is 238 g/mol. The van der Waals surface area contributed by atoms with Crippen molar-refractivity contribution in [1.29, 1.82) is 0 Å². The van der Waals surface area contributed by atoms with Crippen LogP contribution in [0.25, 0.3) is 0 Å². The van der Waals surface area contributed by atoms with Crippen LogP contribution >= 0.6 is 0 Å². The second-order valence-electron chi connectivity index (χ2n) is 4.36. The van der Waals surface area contributed by atoms with E-state index in [1.807, 2.05) is 31.2 Å². The molecule has 1 aliphatic heterocycles. The first-order valence-corrected chi connectivity index (χ1v) is 5.87. The molecule has 0 amide bonds. The Labute approximate surface area is 101 Å². The van der Waals surface area contributed by atoms with Crippen LogP contribution in [0.4, 0.5) is 0 Å². The Morgan fingerprint density at radius 3 is 2.65 bits per heavy atom. The molecule has 1 heterocycles. The van der Waals surface area contributed by atoms with E-state index in [1.54, 1.807) is 0 Å². The SMILES string of the molecule is Cc1ccc(OC2CCC(O)C(CO)O2)cc1. The number of hydrogen-bond donors (Lipinski definition) is 2. The lowest BCUT2D eigenvalue weighted by atomic mass is 10.1. The third kappa shape index (κ3) is 3.19. The van der Waals surface area contributed by atoms with E-state index in [0.717, 1.165) is 5.75 Å². The summed E-state index contributed by atoms with van der Waals surface area (Å²) in [6.45, 7) is 1.83. The Kier molecular flexibility index (Phi) is 3.99. The number of aliphatic hydroxyl groups excluding tert-OH is 2. The molecule has 1 aromatic carbocycles. The van der Waals surface area contributed by atoms with Crippen LogP contribution in [0.1, 0.15) is 18.4 Å². The number of aryl methyl sites for hydroxylation is 1. The van der Waals surface area contributed by atoms with Gasteiger partial charge in [0.25, 0.3) is 0 Å². The highest BCUT2D eigenvalue weighted by atomic mass is 16.7. The van der Waals surface area contributed by atoms with Gasteiger partial charge in [-0.2, -0.15) is 0 Å². The van der Waals surface area contributed by atoms with Crippen molar-refractivity contribution >= 4 is 0 Å². The highest BCUT2D eigenvalue weighted by Gasteiger charge is 2.30. The molecule has 4 heteroatoms. The Morgan fingerprint density at radius 2 is 2.00 bits per heavy atom. The molecule has 2 rings (SSSR count). The fraction of sp³-hybridized carbons (Fsp3) is 0.538. The summed E-state index contributed by atoms with van der Waals surface area (Å²) in [6.07, 6.45) is -0.317. The van der Waals surface area contributed by atoms with Crippen LogP contribution in [0.3, 0.4) is 0 Å². The largest absolute Gasteiger partial charge is 0.465 e. The summed E-state index contributed by atoms with van der Waals surface area (Å²) in [5.74, 6) is 0.744. The summed E-state index contributed by atoms with van der Waals surface area (Å²) in [5, 5.41) is 18.6. The standard InChI is InChI=1S/C13H18O4/c1-9-2-4-10(5-3-9)16-13-7-6-11(15)12(8-14)17-13/h2-5,11-15H,6-8H2,1H3. The second kappa shape index (κ2) is 5.49. The monoisotopic (exact) mass is 238 g/mol. The maximum atomic E-state index is 9.55. The van der Waals surface area contributed by atoms with Crippen LogP contribution in [0.15, 0.2) is 24.3 Å². The molecule has 2 N–H and O–H groups in total. The number of aliphatic hydroxyl groups is 2. The zero-order chi connectivity index (χ0) is 12.3. The van der Waals surface area contributed by atoms with Crippen molar-refractivity contribution in [3.8, 4) is 5.75 Å². The van der Waals surface area contributed by atoms with Crippen LogP contribution in [-0.2, 0) is 4.74 Å². The molecule has 0 spiro atoms. The molecule has 17 heavy (non-hydrogen) atoms. The Hall–Kier alpha value is -1.10. The van der Waals surface area contributed by atoms with Crippen molar-refractivity contribution in [2.45, 2.75) is 38.3 Å². The second-order valence-corrected chi connectivity index (χ2v) is 4.36. The Bertz CT molecular complexity index is 349. The lowest BCUT2D eigenvalue weighted by molar-refractivity contribution is -0.196. The van der Waals surface area contributed by atoms with Gasteiger partial charge in [0.1, 0.15) is 11.9 Å². The number of ether oxygens (including phenoxy) is 2. The minimum Gasteiger partial charge on any atom is -0.465 e. The predicted octanol–water partition coefficient (Wildman–Crippen LogP) is 1.23. The molecule has 3 unspecified atom stereocenters. The zero-order valence-corrected chi connectivity index (χ0v) is 9.87. The van der Waals surface area contributed by atoms with Crippen LogP contribution in [-0.4, -0.2) is 35.3 Å². The molecule has 0 aromatic heterocycles. The normalized spacial score (nSPS) is 29.0. The molecule has 4 nitrogen and oxygen atoms in total. The van der Waals surface area contributed by atoms with Crippen LogP contribution < -0.4 is 4.74 Å². The molecule has 0 radical (unpaired) electrons. The van der Waals surface area contributed by atoms with Gasteiger partial charge in [-0.15, -0.1) is 0 Å². The molecule has 0 aliphatic carbocycles. The smallest absolute Gasteiger partial charge is 0.200 e. The molecule has 1 saturated heterocycles. The van der Waals surface area contributed by atoms with E-state index in [0.29, 0.717) is 12.8 Å². The molecule has 0 saturated carbocycles. The van der Waals surface area contributed by atoms with Gasteiger partial charge in [-0.05, 0) is 25.5 Å². The molecule has 3 atom stereocenters. The highest BCUT2D eigenvalue weighted by molar-refractivity contribution is 5.26. The van der Waals surface area contributed by atoms with E-state index < -0.39 is 18.5 Å². The van der Waals surface area contributed by atoms with Crippen molar-refractivity contribution in [1.82, 2.24) is 0 Å². The van der Waals surface area contributed by atoms with Crippen LogP contribution in [0, 0.1) is 6.92 Å². The molecular weight excluding hydrogens is 220 g/mol. The molecule has 94 valence electrons. The third-order valence-corrected chi connectivity index (χ3v) is 2.92. The topological polar surface area (TPSA) is 58.9 Å². The quantitative estimate of drug-likeness (QED) is 0.831. The van der Waals surface area contributed by atoms with Gasteiger partial charge in [-0.25, -0.2) is 0 Å². The minimum atomic E-state index is -0.599. The van der Waals surface area contributed by atoms with Gasteiger partial charge in [0, 0.05) is 6.42 Å². The summed E-state index contributed by atoms with van der Waals surface area (Å²) < 4.78 is 11.1. The number of benzene rings is 1. The fourth-order valence-electron chi connectivity index (χ4n) is 1.87. The summed E-state index contributed by atoms with van der Waals surface area (Å²) in [4.78, 5) is 0. The van der Waals surface area contributed by atoms with Gasteiger partial charge in [-0.3, -0.25) is 0 Å². The molecule has 1 aliphatic rings. The van der Waals surface area contributed by atoms with Crippen molar-refractivity contribution in [3.05, 3.63) is 29.8 Å². The first-order chi connectivity index (χ1) is 8.19. The van der Waals surface area contributed by atoms with Crippen LogP contribution in [0.5, 0.6) is 5.75 Å². The minimum absolute atomic E-state index is 0.186. The summed E-state index contributed by atoms with van der Waals surface area (Å²) in [7, 11) is 0. The van der Waals surface area contributed by atoms with Crippen molar-refractivity contribution in [3.63, 3.8) is 0 Å². The number of hydrogen-bond acceptors (Lipinski definition) is 4. The van der Waals surface area contributed by atoms with Crippen molar-refractivity contribution in [2.75, 3.05) is 6.61 Å². The summed E-state index contributed by atoms with van der Waals surface area (Å²) in [6, 6.07) is 7.71. The molecule has 1 aromatic rings. The van der Waals surface area contributed by atoms with Gasteiger partial charge in [0.2, 0.25) is 0 Å². The fourth-order valence-corrected chi connectivity index (χ4v) is 1.87. The van der Waals surface area contributed by atoms with Crippen LogP contribution in [0.2, 0.25) is 0 Å². The van der Waals surface area contributed by atoms with Crippen molar-refractivity contribution < 1.29 is 19.7 Å². The third-order valence-electron chi connectivity index (χ3n) is 2.92. The Balaban J connectivity index is 1.93.